The number of nitrogens with zero attached hydrogens (tertiary/aromatic N) is 1. The molecule has 1 aliphatic rings. The number of hydrogen-bond acceptors (Lipinski definition) is 2. The number of carbonyl (C=O) groups excluding carboxylic acids is 1. The Kier molecular flexibility index (Phi) is 4.76. The van der Waals surface area contributed by atoms with Crippen LogP contribution in [0, 0.1) is 5.41 Å². The Balaban J connectivity index is 1.97. The van der Waals surface area contributed by atoms with Gasteiger partial charge in [0.25, 0.3) is 5.91 Å². The molecule has 21 heavy (non-hydrogen) atoms. The SMILES string of the molecule is O=C(NCC1(CCl)CCCC1)c1ccc(C(F)(F)F)cn1. The maximum Gasteiger partial charge on any atom is 0.417 e. The lowest BCUT2D eigenvalue weighted by Gasteiger charge is -2.26. The van der Waals surface area contributed by atoms with Gasteiger partial charge < -0.3 is 5.32 Å². The molecule has 0 atom stereocenters. The monoisotopic (exact) mass is 320 g/mol. The summed E-state index contributed by atoms with van der Waals surface area (Å²) in [6, 6.07) is 1.94. The average Bonchev–Trinajstić information content (AvgIpc) is 2.93. The predicted octanol–water partition coefficient (Wildman–Crippen LogP) is 3.63. The van der Waals surface area contributed by atoms with E-state index in [4.69, 9.17) is 11.6 Å². The molecule has 3 nitrogen and oxygen atoms in total. The summed E-state index contributed by atoms with van der Waals surface area (Å²) in [6.07, 6.45) is 0.299. The molecule has 1 saturated carbocycles. The van der Waals surface area contributed by atoms with Gasteiger partial charge in [-0.3, -0.25) is 9.78 Å². The zero-order chi connectivity index (χ0) is 15.5. The second-order valence-electron chi connectivity index (χ2n) is 5.45. The summed E-state index contributed by atoms with van der Waals surface area (Å²) < 4.78 is 37.2. The van der Waals surface area contributed by atoms with Gasteiger partial charge in [-0.25, -0.2) is 0 Å². The van der Waals surface area contributed by atoms with E-state index in [-0.39, 0.29) is 11.1 Å². The van der Waals surface area contributed by atoms with Crippen molar-refractivity contribution in [3.63, 3.8) is 0 Å². The van der Waals surface area contributed by atoms with Crippen LogP contribution in [0.15, 0.2) is 18.3 Å². The summed E-state index contributed by atoms with van der Waals surface area (Å²) >= 11 is 5.97. The summed E-state index contributed by atoms with van der Waals surface area (Å²) in [7, 11) is 0. The highest BCUT2D eigenvalue weighted by molar-refractivity contribution is 6.18. The average molecular weight is 321 g/mol. The van der Waals surface area contributed by atoms with E-state index in [1.54, 1.807) is 0 Å². The molecule has 1 N–H and O–H groups in total. The molecule has 1 amide bonds. The molecule has 0 spiro atoms. The smallest absolute Gasteiger partial charge is 0.350 e. The Bertz CT molecular complexity index is 496. The summed E-state index contributed by atoms with van der Waals surface area (Å²) in [6.45, 7) is 0.429. The van der Waals surface area contributed by atoms with E-state index in [9.17, 15) is 18.0 Å². The van der Waals surface area contributed by atoms with Crippen molar-refractivity contribution in [3.8, 4) is 0 Å². The maximum atomic E-state index is 12.4. The van der Waals surface area contributed by atoms with Crippen LogP contribution >= 0.6 is 11.6 Å². The van der Waals surface area contributed by atoms with E-state index < -0.39 is 17.6 Å². The van der Waals surface area contributed by atoms with Crippen molar-refractivity contribution < 1.29 is 18.0 Å². The number of aromatic nitrogens is 1. The number of halogens is 4. The third kappa shape index (κ3) is 3.87. The first kappa shape index (κ1) is 16.1. The van der Waals surface area contributed by atoms with Gasteiger partial charge in [0.05, 0.1) is 5.56 Å². The molecule has 1 heterocycles. The van der Waals surface area contributed by atoms with E-state index in [1.165, 1.54) is 0 Å². The highest BCUT2D eigenvalue weighted by Crippen LogP contribution is 2.38. The van der Waals surface area contributed by atoms with Gasteiger partial charge in [0.15, 0.2) is 0 Å². The molecular formula is C14H16ClF3N2O. The third-order valence-corrected chi connectivity index (χ3v) is 4.46. The summed E-state index contributed by atoms with van der Waals surface area (Å²) in [5, 5.41) is 2.72. The standard InChI is InChI=1S/C14H16ClF3N2O/c15-8-13(5-1-2-6-13)9-20-12(21)11-4-3-10(7-19-11)14(16,17)18/h3-4,7H,1-2,5-6,8-9H2,(H,20,21). The van der Waals surface area contributed by atoms with Crippen LogP contribution in [0.4, 0.5) is 13.2 Å². The molecule has 0 aromatic carbocycles. The Morgan fingerprint density at radius 1 is 1.33 bits per heavy atom. The largest absolute Gasteiger partial charge is 0.417 e. The number of nitrogens with one attached hydrogen (secondary N) is 1. The fourth-order valence-electron chi connectivity index (χ4n) is 2.54. The van der Waals surface area contributed by atoms with Gasteiger partial charge in [-0.05, 0) is 25.0 Å². The molecule has 1 fully saturated rings. The van der Waals surface area contributed by atoms with Crippen molar-refractivity contribution in [3.05, 3.63) is 29.6 Å². The Morgan fingerprint density at radius 2 is 2.00 bits per heavy atom. The topological polar surface area (TPSA) is 42.0 Å². The minimum absolute atomic E-state index is 0.0225. The van der Waals surface area contributed by atoms with Crippen LogP contribution < -0.4 is 5.32 Å². The minimum Gasteiger partial charge on any atom is -0.350 e. The molecule has 116 valence electrons. The van der Waals surface area contributed by atoms with Crippen LogP contribution in [0.5, 0.6) is 0 Å². The molecular weight excluding hydrogens is 305 g/mol. The first-order valence-corrected chi connectivity index (χ1v) is 7.27. The minimum atomic E-state index is -4.45. The third-order valence-electron chi connectivity index (χ3n) is 3.90. The highest BCUT2D eigenvalue weighted by atomic mass is 35.5. The zero-order valence-corrected chi connectivity index (χ0v) is 12.1. The number of amides is 1. The van der Waals surface area contributed by atoms with Crippen LogP contribution in [0.1, 0.15) is 41.7 Å². The van der Waals surface area contributed by atoms with Crippen LogP contribution in [0.2, 0.25) is 0 Å². The first-order valence-electron chi connectivity index (χ1n) is 6.74. The van der Waals surface area contributed by atoms with E-state index in [2.05, 4.69) is 10.3 Å². The second kappa shape index (κ2) is 6.22. The number of rotatable bonds is 4. The Morgan fingerprint density at radius 3 is 2.48 bits per heavy atom. The molecule has 0 bridgehead atoms. The summed E-state index contributed by atoms with van der Waals surface area (Å²) in [5.74, 6) is -0.00612. The molecule has 1 aromatic heterocycles. The predicted molar refractivity (Wildman–Crippen MR) is 73.2 cm³/mol. The van der Waals surface area contributed by atoms with Crippen LogP contribution in [0.3, 0.4) is 0 Å². The van der Waals surface area contributed by atoms with Gasteiger partial charge in [-0.2, -0.15) is 13.2 Å². The van der Waals surface area contributed by atoms with E-state index in [0.717, 1.165) is 37.8 Å². The van der Waals surface area contributed by atoms with Crippen molar-refractivity contribution in [2.45, 2.75) is 31.9 Å². The van der Waals surface area contributed by atoms with Gasteiger partial charge in [-0.1, -0.05) is 12.8 Å². The fraction of sp³-hybridized carbons (Fsp3) is 0.571. The molecule has 0 radical (unpaired) electrons. The molecule has 0 saturated heterocycles. The zero-order valence-electron chi connectivity index (χ0n) is 11.3. The molecule has 1 aromatic rings. The van der Waals surface area contributed by atoms with Crippen LogP contribution in [-0.4, -0.2) is 23.3 Å². The number of carbonyl (C=O) groups is 1. The van der Waals surface area contributed by atoms with Gasteiger partial charge >= 0.3 is 6.18 Å². The van der Waals surface area contributed by atoms with Crippen molar-refractivity contribution in [2.75, 3.05) is 12.4 Å². The molecule has 0 aliphatic heterocycles. The number of alkyl halides is 4. The number of pyridine rings is 1. The van der Waals surface area contributed by atoms with Gasteiger partial charge in [0.2, 0.25) is 0 Å². The van der Waals surface area contributed by atoms with Crippen molar-refractivity contribution >= 4 is 17.5 Å². The molecule has 2 rings (SSSR count). The van der Waals surface area contributed by atoms with Crippen molar-refractivity contribution in [2.24, 2.45) is 5.41 Å². The summed E-state index contributed by atoms with van der Waals surface area (Å²) in [5.41, 5.74) is -0.985. The van der Waals surface area contributed by atoms with Crippen LogP contribution in [0.25, 0.3) is 0 Å². The second-order valence-corrected chi connectivity index (χ2v) is 5.72. The van der Waals surface area contributed by atoms with Crippen molar-refractivity contribution in [1.82, 2.24) is 10.3 Å². The lowest BCUT2D eigenvalue weighted by molar-refractivity contribution is -0.137. The first-order chi connectivity index (χ1) is 9.86. The van der Waals surface area contributed by atoms with Crippen molar-refractivity contribution in [1.29, 1.82) is 0 Å². The van der Waals surface area contributed by atoms with E-state index in [1.807, 2.05) is 0 Å². The van der Waals surface area contributed by atoms with E-state index >= 15 is 0 Å². The number of hydrogen-bond donors (Lipinski definition) is 1. The van der Waals surface area contributed by atoms with Gasteiger partial charge in [0.1, 0.15) is 5.69 Å². The molecule has 1 aliphatic carbocycles. The summed E-state index contributed by atoms with van der Waals surface area (Å²) in [4.78, 5) is 15.5. The van der Waals surface area contributed by atoms with Gasteiger partial charge in [0, 0.05) is 24.0 Å². The quantitative estimate of drug-likeness (QED) is 0.861. The maximum absolute atomic E-state index is 12.4. The molecule has 7 heteroatoms. The Labute approximate surface area is 125 Å². The lowest BCUT2D eigenvalue weighted by atomic mass is 9.88. The van der Waals surface area contributed by atoms with E-state index in [0.29, 0.717) is 18.6 Å². The normalized spacial score (nSPS) is 17.7. The van der Waals surface area contributed by atoms with Crippen LogP contribution in [-0.2, 0) is 6.18 Å². The Hall–Kier alpha value is -1.30. The highest BCUT2D eigenvalue weighted by Gasteiger charge is 2.34. The lowest BCUT2D eigenvalue weighted by Crippen LogP contribution is -2.37. The fourth-order valence-corrected chi connectivity index (χ4v) is 2.90. The van der Waals surface area contributed by atoms with Gasteiger partial charge in [-0.15, -0.1) is 11.6 Å². The molecule has 0 unspecified atom stereocenters.